The topological polar surface area (TPSA) is 24.9 Å². The molecule has 0 saturated heterocycles. The summed E-state index contributed by atoms with van der Waals surface area (Å²) >= 11 is 0. The maximum Gasteiger partial charge on any atom is 0.0270 e. The predicted molar refractivity (Wildman–Crippen MR) is 82.9 cm³/mol. The molecule has 0 spiro atoms. The summed E-state index contributed by atoms with van der Waals surface area (Å²) in [6.45, 7) is 3.24. The maximum atomic E-state index is 4.05. The molecule has 1 N–H and O–H groups in total. The van der Waals surface area contributed by atoms with Crippen molar-refractivity contribution in [2.45, 2.75) is 38.1 Å². The van der Waals surface area contributed by atoms with E-state index in [0.29, 0.717) is 6.04 Å². The Morgan fingerprint density at radius 2 is 1.95 bits per heavy atom. The average Bonchev–Trinajstić information content (AvgIpc) is 2.42. The van der Waals surface area contributed by atoms with Crippen LogP contribution in [0.3, 0.4) is 0 Å². The van der Waals surface area contributed by atoms with E-state index in [4.69, 9.17) is 0 Å². The molecule has 20 heavy (non-hydrogen) atoms. The van der Waals surface area contributed by atoms with Gasteiger partial charge in [0, 0.05) is 18.4 Å². The van der Waals surface area contributed by atoms with Crippen LogP contribution in [-0.2, 0) is 6.42 Å². The van der Waals surface area contributed by atoms with E-state index in [1.165, 1.54) is 29.5 Å². The first-order valence-electron chi connectivity index (χ1n) is 7.50. The van der Waals surface area contributed by atoms with Crippen LogP contribution in [-0.4, -0.2) is 17.6 Å². The highest BCUT2D eigenvalue weighted by atomic mass is 14.9. The second kappa shape index (κ2) is 6.19. The van der Waals surface area contributed by atoms with E-state index in [9.17, 15) is 0 Å². The summed E-state index contributed by atoms with van der Waals surface area (Å²) in [5.74, 6) is 0.758. The summed E-state index contributed by atoms with van der Waals surface area (Å²) < 4.78 is 0. The van der Waals surface area contributed by atoms with Gasteiger partial charge >= 0.3 is 0 Å². The van der Waals surface area contributed by atoms with Crippen molar-refractivity contribution in [3.05, 3.63) is 65.5 Å². The number of nitrogens with zero attached hydrogens (tertiary/aromatic N) is 1. The number of benzene rings is 1. The molecule has 2 aromatic rings. The summed E-state index contributed by atoms with van der Waals surface area (Å²) in [7, 11) is 0. The Bertz CT molecular complexity index is 544. The SMILES string of the molecule is Cc1cccc(C2CC(NCCc3ccncc3)C2)c1. The molecular formula is C18H22N2. The molecule has 2 heteroatoms. The largest absolute Gasteiger partial charge is 0.314 e. The molecule has 0 amide bonds. The molecule has 0 aliphatic heterocycles. The van der Waals surface area contributed by atoms with Crippen LogP contribution >= 0.6 is 0 Å². The zero-order chi connectivity index (χ0) is 13.8. The van der Waals surface area contributed by atoms with E-state index < -0.39 is 0 Å². The highest BCUT2D eigenvalue weighted by Crippen LogP contribution is 2.36. The Kier molecular flexibility index (Phi) is 4.12. The molecule has 2 nitrogen and oxygen atoms in total. The molecule has 0 atom stereocenters. The third kappa shape index (κ3) is 3.26. The number of rotatable bonds is 5. The van der Waals surface area contributed by atoms with Gasteiger partial charge in [0.05, 0.1) is 0 Å². The zero-order valence-electron chi connectivity index (χ0n) is 12.0. The van der Waals surface area contributed by atoms with Crippen LogP contribution in [0.5, 0.6) is 0 Å². The van der Waals surface area contributed by atoms with Crippen LogP contribution in [0.2, 0.25) is 0 Å². The fourth-order valence-corrected chi connectivity index (χ4v) is 2.95. The molecule has 0 bridgehead atoms. The van der Waals surface area contributed by atoms with Gasteiger partial charge in [-0.25, -0.2) is 0 Å². The normalized spacial score (nSPS) is 21.4. The quantitative estimate of drug-likeness (QED) is 0.896. The summed E-state index contributed by atoms with van der Waals surface area (Å²) in [5, 5.41) is 3.66. The molecule has 0 unspecified atom stereocenters. The molecule has 0 radical (unpaired) electrons. The van der Waals surface area contributed by atoms with Crippen LogP contribution in [0.25, 0.3) is 0 Å². The van der Waals surface area contributed by atoms with E-state index in [0.717, 1.165) is 18.9 Å². The van der Waals surface area contributed by atoms with Crippen LogP contribution in [0.4, 0.5) is 0 Å². The first kappa shape index (κ1) is 13.3. The standard InChI is InChI=1S/C18H22N2/c1-14-3-2-4-16(11-14)17-12-18(13-17)20-10-7-15-5-8-19-9-6-15/h2-6,8-9,11,17-18,20H,7,10,12-13H2,1H3. The lowest BCUT2D eigenvalue weighted by atomic mass is 9.75. The van der Waals surface area contributed by atoms with E-state index in [2.05, 4.69) is 53.6 Å². The summed E-state index contributed by atoms with van der Waals surface area (Å²) in [6.07, 6.45) is 7.38. The van der Waals surface area contributed by atoms with Gasteiger partial charge in [-0.2, -0.15) is 0 Å². The van der Waals surface area contributed by atoms with E-state index in [-0.39, 0.29) is 0 Å². The van der Waals surface area contributed by atoms with E-state index in [1.54, 1.807) is 0 Å². The maximum absolute atomic E-state index is 4.05. The number of aryl methyl sites for hydroxylation is 1. The summed E-state index contributed by atoms with van der Waals surface area (Å²) in [4.78, 5) is 4.05. The van der Waals surface area contributed by atoms with Gasteiger partial charge in [0.15, 0.2) is 0 Å². The first-order valence-corrected chi connectivity index (χ1v) is 7.50. The predicted octanol–water partition coefficient (Wildman–Crippen LogP) is 3.47. The molecule has 1 aliphatic rings. The van der Waals surface area contributed by atoms with Crippen molar-refractivity contribution in [2.75, 3.05) is 6.54 Å². The molecule has 3 rings (SSSR count). The van der Waals surface area contributed by atoms with E-state index >= 15 is 0 Å². The smallest absolute Gasteiger partial charge is 0.0270 e. The lowest BCUT2D eigenvalue weighted by Crippen LogP contribution is -2.40. The molecular weight excluding hydrogens is 244 g/mol. The van der Waals surface area contributed by atoms with Crippen molar-refractivity contribution in [3.8, 4) is 0 Å². The highest BCUT2D eigenvalue weighted by Gasteiger charge is 2.29. The fraction of sp³-hybridized carbons (Fsp3) is 0.389. The van der Waals surface area contributed by atoms with Crippen LogP contribution in [0.1, 0.15) is 35.4 Å². The van der Waals surface area contributed by atoms with Crippen molar-refractivity contribution < 1.29 is 0 Å². The van der Waals surface area contributed by atoms with Crippen molar-refractivity contribution >= 4 is 0 Å². The third-order valence-electron chi connectivity index (χ3n) is 4.25. The van der Waals surface area contributed by atoms with Gasteiger partial charge < -0.3 is 5.32 Å². The molecule has 1 aromatic heterocycles. The Labute approximate surface area is 121 Å². The molecule has 1 heterocycles. The van der Waals surface area contributed by atoms with Gasteiger partial charge in [-0.1, -0.05) is 29.8 Å². The first-order chi connectivity index (χ1) is 9.81. The molecule has 104 valence electrons. The Morgan fingerprint density at radius 3 is 2.70 bits per heavy atom. The minimum absolute atomic E-state index is 0.697. The Balaban J connectivity index is 1.40. The van der Waals surface area contributed by atoms with E-state index in [1.807, 2.05) is 12.4 Å². The number of pyridine rings is 1. The van der Waals surface area contributed by atoms with Gasteiger partial charge in [0.25, 0.3) is 0 Å². The van der Waals surface area contributed by atoms with Crippen molar-refractivity contribution in [1.29, 1.82) is 0 Å². The van der Waals surface area contributed by atoms with Crippen molar-refractivity contribution in [1.82, 2.24) is 10.3 Å². The second-order valence-corrected chi connectivity index (χ2v) is 5.84. The molecule has 1 fully saturated rings. The average molecular weight is 266 g/mol. The van der Waals surface area contributed by atoms with Crippen LogP contribution in [0.15, 0.2) is 48.8 Å². The van der Waals surface area contributed by atoms with Gasteiger partial charge in [-0.15, -0.1) is 0 Å². The summed E-state index contributed by atoms with van der Waals surface area (Å²) in [5.41, 5.74) is 4.25. The molecule has 1 saturated carbocycles. The van der Waals surface area contributed by atoms with Gasteiger partial charge in [-0.3, -0.25) is 4.98 Å². The second-order valence-electron chi connectivity index (χ2n) is 5.84. The fourth-order valence-electron chi connectivity index (χ4n) is 2.95. The number of hydrogen-bond donors (Lipinski definition) is 1. The highest BCUT2D eigenvalue weighted by molar-refractivity contribution is 5.27. The Morgan fingerprint density at radius 1 is 1.15 bits per heavy atom. The monoisotopic (exact) mass is 266 g/mol. The van der Waals surface area contributed by atoms with Crippen molar-refractivity contribution in [2.24, 2.45) is 0 Å². The van der Waals surface area contributed by atoms with Gasteiger partial charge in [0.1, 0.15) is 0 Å². The molecule has 1 aromatic carbocycles. The summed E-state index contributed by atoms with van der Waals surface area (Å²) in [6, 6.07) is 13.8. The minimum atomic E-state index is 0.697. The van der Waals surface area contributed by atoms with Crippen LogP contribution in [0, 0.1) is 6.92 Å². The minimum Gasteiger partial charge on any atom is -0.314 e. The zero-order valence-corrected chi connectivity index (χ0v) is 12.0. The molecule has 1 aliphatic carbocycles. The van der Waals surface area contributed by atoms with Gasteiger partial charge in [0.2, 0.25) is 0 Å². The van der Waals surface area contributed by atoms with Crippen molar-refractivity contribution in [3.63, 3.8) is 0 Å². The van der Waals surface area contributed by atoms with Gasteiger partial charge in [-0.05, 0) is 61.9 Å². The third-order valence-corrected chi connectivity index (χ3v) is 4.25. The number of hydrogen-bond acceptors (Lipinski definition) is 2. The lowest BCUT2D eigenvalue weighted by Gasteiger charge is -2.36. The lowest BCUT2D eigenvalue weighted by molar-refractivity contribution is 0.292. The van der Waals surface area contributed by atoms with Crippen LogP contribution < -0.4 is 5.32 Å². The number of nitrogens with one attached hydrogen (secondary N) is 1. The number of aromatic nitrogens is 1. The Hall–Kier alpha value is -1.67.